The molecule has 4 nitrogen and oxygen atoms in total. The van der Waals surface area contributed by atoms with Crippen LogP contribution in [0.3, 0.4) is 0 Å². The van der Waals surface area contributed by atoms with Gasteiger partial charge in [-0.15, -0.1) is 0 Å². The first-order valence-electron chi connectivity index (χ1n) is 5.90. The van der Waals surface area contributed by atoms with E-state index in [0.29, 0.717) is 28.0 Å². The lowest BCUT2D eigenvalue weighted by Gasteiger charge is -2.09. The van der Waals surface area contributed by atoms with E-state index < -0.39 is 0 Å². The fourth-order valence-electron chi connectivity index (χ4n) is 1.70. The zero-order valence-electron chi connectivity index (χ0n) is 10.4. The average molecular weight is 298 g/mol. The molecule has 0 radical (unpaired) electrons. The van der Waals surface area contributed by atoms with Crippen molar-refractivity contribution in [3.8, 4) is 0 Å². The summed E-state index contributed by atoms with van der Waals surface area (Å²) >= 11 is 11.9. The van der Waals surface area contributed by atoms with Crippen molar-refractivity contribution in [3.05, 3.63) is 46.2 Å². The third kappa shape index (κ3) is 3.28. The van der Waals surface area contributed by atoms with Gasteiger partial charge in [0, 0.05) is 17.8 Å². The highest BCUT2D eigenvalue weighted by molar-refractivity contribution is 6.35. The van der Waals surface area contributed by atoms with E-state index in [-0.39, 0.29) is 5.91 Å². The van der Waals surface area contributed by atoms with Crippen LogP contribution in [0, 0.1) is 0 Å². The number of carbonyl (C=O) groups is 1. The monoisotopic (exact) mass is 297 g/mol. The molecule has 0 unspecified atom stereocenters. The standard InChI is InChI=1S/C13H13Cl2N3O/c1-2-7-18-12(5-6-16-18)13(19)17-11-8-9(14)3-4-10(11)15/h3-6,8H,2,7H2,1H3,(H,17,19). The number of rotatable bonds is 4. The number of nitrogens with one attached hydrogen (secondary N) is 1. The minimum atomic E-state index is -0.255. The number of hydrogen-bond donors (Lipinski definition) is 1. The van der Waals surface area contributed by atoms with Gasteiger partial charge in [0.05, 0.1) is 10.7 Å². The van der Waals surface area contributed by atoms with Crippen molar-refractivity contribution in [1.82, 2.24) is 9.78 Å². The number of carbonyl (C=O) groups excluding carboxylic acids is 1. The van der Waals surface area contributed by atoms with Crippen LogP contribution < -0.4 is 5.32 Å². The molecule has 100 valence electrons. The van der Waals surface area contributed by atoms with Gasteiger partial charge in [-0.2, -0.15) is 5.10 Å². The van der Waals surface area contributed by atoms with Crippen molar-refractivity contribution in [2.24, 2.45) is 0 Å². The van der Waals surface area contributed by atoms with Gasteiger partial charge in [-0.3, -0.25) is 9.48 Å². The lowest BCUT2D eigenvalue weighted by atomic mass is 10.3. The fraction of sp³-hybridized carbons (Fsp3) is 0.231. The summed E-state index contributed by atoms with van der Waals surface area (Å²) in [6.45, 7) is 2.72. The Bertz CT molecular complexity index is 595. The molecule has 0 aliphatic carbocycles. The number of halogens is 2. The number of amides is 1. The Hall–Kier alpha value is -1.52. The van der Waals surface area contributed by atoms with Crippen LogP contribution in [0.15, 0.2) is 30.5 Å². The maximum atomic E-state index is 12.2. The molecule has 1 aromatic heterocycles. The van der Waals surface area contributed by atoms with Crippen molar-refractivity contribution >= 4 is 34.8 Å². The van der Waals surface area contributed by atoms with Crippen LogP contribution in [-0.2, 0) is 6.54 Å². The smallest absolute Gasteiger partial charge is 0.273 e. The molecule has 2 rings (SSSR count). The third-order valence-corrected chi connectivity index (χ3v) is 3.13. The van der Waals surface area contributed by atoms with Gasteiger partial charge >= 0.3 is 0 Å². The highest BCUT2D eigenvalue weighted by Crippen LogP contribution is 2.25. The van der Waals surface area contributed by atoms with E-state index in [1.807, 2.05) is 6.92 Å². The molecule has 1 N–H and O–H groups in total. The average Bonchev–Trinajstić information content (AvgIpc) is 2.82. The van der Waals surface area contributed by atoms with Crippen molar-refractivity contribution < 1.29 is 4.79 Å². The molecule has 0 atom stereocenters. The summed E-state index contributed by atoms with van der Waals surface area (Å²) in [7, 11) is 0. The van der Waals surface area contributed by atoms with Crippen molar-refractivity contribution in [2.45, 2.75) is 19.9 Å². The second-order valence-electron chi connectivity index (χ2n) is 4.02. The molecular formula is C13H13Cl2N3O. The molecule has 0 aliphatic heterocycles. The topological polar surface area (TPSA) is 46.9 Å². The van der Waals surface area contributed by atoms with E-state index in [4.69, 9.17) is 23.2 Å². The number of nitrogens with zero attached hydrogens (tertiary/aromatic N) is 2. The quantitative estimate of drug-likeness (QED) is 0.932. The predicted octanol–water partition coefficient (Wildman–Crippen LogP) is 3.85. The first-order valence-corrected chi connectivity index (χ1v) is 6.65. The van der Waals surface area contributed by atoms with Gasteiger partial charge in [-0.1, -0.05) is 30.1 Å². The molecule has 2 aromatic rings. The number of benzene rings is 1. The molecule has 1 aromatic carbocycles. The van der Waals surface area contributed by atoms with Crippen LogP contribution in [0.25, 0.3) is 0 Å². The second-order valence-corrected chi connectivity index (χ2v) is 4.86. The van der Waals surface area contributed by atoms with Crippen LogP contribution in [0.4, 0.5) is 5.69 Å². The van der Waals surface area contributed by atoms with E-state index in [0.717, 1.165) is 6.42 Å². The molecule has 1 amide bonds. The van der Waals surface area contributed by atoms with E-state index in [1.165, 1.54) is 0 Å². The Labute approximate surface area is 121 Å². The molecule has 0 bridgehead atoms. The Morgan fingerprint density at radius 1 is 1.37 bits per heavy atom. The summed E-state index contributed by atoms with van der Waals surface area (Å²) in [6, 6.07) is 6.59. The van der Waals surface area contributed by atoms with E-state index >= 15 is 0 Å². The molecular weight excluding hydrogens is 285 g/mol. The van der Waals surface area contributed by atoms with Gasteiger partial charge in [-0.05, 0) is 30.7 Å². The van der Waals surface area contributed by atoms with E-state index in [1.54, 1.807) is 35.1 Å². The molecule has 6 heteroatoms. The summed E-state index contributed by atoms with van der Waals surface area (Å²) in [4.78, 5) is 12.2. The zero-order valence-corrected chi connectivity index (χ0v) is 11.9. The Kier molecular flexibility index (Phi) is 4.45. The maximum absolute atomic E-state index is 12.2. The summed E-state index contributed by atoms with van der Waals surface area (Å²) < 4.78 is 1.66. The number of aryl methyl sites for hydroxylation is 1. The van der Waals surface area contributed by atoms with Crippen molar-refractivity contribution in [3.63, 3.8) is 0 Å². The van der Waals surface area contributed by atoms with Crippen molar-refractivity contribution in [1.29, 1.82) is 0 Å². The van der Waals surface area contributed by atoms with Crippen LogP contribution in [-0.4, -0.2) is 15.7 Å². The Morgan fingerprint density at radius 3 is 2.89 bits per heavy atom. The van der Waals surface area contributed by atoms with E-state index in [9.17, 15) is 4.79 Å². The predicted molar refractivity (Wildman–Crippen MR) is 76.9 cm³/mol. The second kappa shape index (κ2) is 6.08. The lowest BCUT2D eigenvalue weighted by molar-refractivity contribution is 0.101. The van der Waals surface area contributed by atoms with Crippen molar-refractivity contribution in [2.75, 3.05) is 5.32 Å². The molecule has 19 heavy (non-hydrogen) atoms. The van der Waals surface area contributed by atoms with Crippen LogP contribution in [0.5, 0.6) is 0 Å². The molecule has 0 saturated heterocycles. The molecule has 0 aliphatic rings. The van der Waals surface area contributed by atoms with Gasteiger partial charge in [-0.25, -0.2) is 0 Å². The van der Waals surface area contributed by atoms with E-state index in [2.05, 4.69) is 10.4 Å². The minimum absolute atomic E-state index is 0.255. The van der Waals surface area contributed by atoms with Gasteiger partial charge in [0.1, 0.15) is 5.69 Å². The first kappa shape index (κ1) is 13.9. The summed E-state index contributed by atoms with van der Waals surface area (Å²) in [5.41, 5.74) is 0.987. The number of aromatic nitrogens is 2. The van der Waals surface area contributed by atoms with Gasteiger partial charge in [0.25, 0.3) is 5.91 Å². The van der Waals surface area contributed by atoms with Gasteiger partial charge < -0.3 is 5.32 Å². The Balaban J connectivity index is 2.21. The number of anilines is 1. The Morgan fingerprint density at radius 2 is 2.16 bits per heavy atom. The maximum Gasteiger partial charge on any atom is 0.273 e. The highest BCUT2D eigenvalue weighted by Gasteiger charge is 2.13. The molecule has 0 fully saturated rings. The minimum Gasteiger partial charge on any atom is -0.319 e. The lowest BCUT2D eigenvalue weighted by Crippen LogP contribution is -2.18. The molecule has 0 spiro atoms. The zero-order chi connectivity index (χ0) is 13.8. The normalized spacial score (nSPS) is 10.5. The third-order valence-electron chi connectivity index (χ3n) is 2.56. The first-order chi connectivity index (χ1) is 9.11. The summed E-state index contributed by atoms with van der Waals surface area (Å²) in [5, 5.41) is 7.80. The van der Waals surface area contributed by atoms with Crippen LogP contribution in [0.2, 0.25) is 10.0 Å². The highest BCUT2D eigenvalue weighted by atomic mass is 35.5. The fourth-order valence-corrected chi connectivity index (χ4v) is 2.03. The van der Waals surface area contributed by atoms with Crippen LogP contribution >= 0.6 is 23.2 Å². The molecule has 1 heterocycles. The SMILES string of the molecule is CCCn1nccc1C(=O)Nc1cc(Cl)ccc1Cl. The number of hydrogen-bond acceptors (Lipinski definition) is 2. The van der Waals surface area contributed by atoms with Crippen LogP contribution in [0.1, 0.15) is 23.8 Å². The van der Waals surface area contributed by atoms with Gasteiger partial charge in [0.2, 0.25) is 0 Å². The molecule has 0 saturated carbocycles. The largest absolute Gasteiger partial charge is 0.319 e. The van der Waals surface area contributed by atoms with Gasteiger partial charge in [0.15, 0.2) is 0 Å². The summed E-state index contributed by atoms with van der Waals surface area (Å²) in [6.07, 6.45) is 2.50. The summed E-state index contributed by atoms with van der Waals surface area (Å²) in [5.74, 6) is -0.255.